The summed E-state index contributed by atoms with van der Waals surface area (Å²) in [5.41, 5.74) is 4.84. The predicted molar refractivity (Wildman–Crippen MR) is 68.9 cm³/mol. The lowest BCUT2D eigenvalue weighted by Crippen LogP contribution is -2.31. The van der Waals surface area contributed by atoms with E-state index in [1.165, 1.54) is 18.2 Å². The van der Waals surface area contributed by atoms with E-state index >= 15 is 0 Å². The number of likely N-dealkylation sites (tertiary alicyclic amines) is 1. The minimum Gasteiger partial charge on any atom is -0.342 e. The van der Waals surface area contributed by atoms with Crippen molar-refractivity contribution in [1.82, 2.24) is 4.90 Å². The number of nitrogens with zero attached hydrogens (tertiary/aromatic N) is 1. The minimum absolute atomic E-state index is 0.0289. The van der Waals surface area contributed by atoms with E-state index in [1.54, 1.807) is 4.90 Å². The average Bonchev–Trinajstić information content (AvgIpc) is 2.87. The Bertz CT molecular complexity index is 488. The Morgan fingerprint density at radius 1 is 1.35 bits per heavy atom. The molecular weight excluding hydrogens is 269 g/mol. The smallest absolute Gasteiger partial charge is 0.342 e. The van der Waals surface area contributed by atoms with Crippen LogP contribution in [-0.4, -0.2) is 30.4 Å². The molecule has 1 aliphatic rings. The lowest BCUT2D eigenvalue weighted by Gasteiger charge is -2.18. The fraction of sp³-hybridized carbons (Fsp3) is 0.500. The predicted octanol–water partition coefficient (Wildman–Crippen LogP) is 2.06. The number of nitrogens with two attached hydrogens (primary N) is 1. The lowest BCUT2D eigenvalue weighted by molar-refractivity contribution is -0.138. The number of rotatable bonds is 3. The molecule has 2 rings (SSSR count). The summed E-state index contributed by atoms with van der Waals surface area (Å²) in [7, 11) is 0. The van der Waals surface area contributed by atoms with E-state index in [1.807, 2.05) is 0 Å². The molecule has 6 heteroatoms. The first-order valence-electron chi connectivity index (χ1n) is 6.54. The van der Waals surface area contributed by atoms with E-state index in [4.69, 9.17) is 5.73 Å². The second kappa shape index (κ2) is 5.83. The van der Waals surface area contributed by atoms with Crippen LogP contribution in [0.1, 0.15) is 17.5 Å². The summed E-state index contributed by atoms with van der Waals surface area (Å²) in [5, 5.41) is 0. The number of amides is 1. The van der Waals surface area contributed by atoms with Crippen LogP contribution in [0.4, 0.5) is 13.2 Å². The largest absolute Gasteiger partial charge is 0.416 e. The molecular formula is C14H17F3N2O. The maximum Gasteiger partial charge on any atom is 0.416 e. The van der Waals surface area contributed by atoms with Crippen LogP contribution in [0.2, 0.25) is 0 Å². The first-order valence-corrected chi connectivity index (χ1v) is 6.54. The normalized spacial score (nSPS) is 19.4. The molecule has 20 heavy (non-hydrogen) atoms. The first kappa shape index (κ1) is 14.8. The van der Waals surface area contributed by atoms with Crippen molar-refractivity contribution in [2.75, 3.05) is 19.6 Å². The van der Waals surface area contributed by atoms with Crippen molar-refractivity contribution in [3.05, 3.63) is 35.4 Å². The number of hydrogen-bond donors (Lipinski definition) is 1. The van der Waals surface area contributed by atoms with Gasteiger partial charge in [0.05, 0.1) is 12.0 Å². The Kier molecular flexibility index (Phi) is 4.32. The van der Waals surface area contributed by atoms with Crippen LogP contribution >= 0.6 is 0 Å². The average molecular weight is 286 g/mol. The molecule has 0 aromatic heterocycles. The summed E-state index contributed by atoms with van der Waals surface area (Å²) in [5.74, 6) is -0.00513. The number of hydrogen-bond acceptors (Lipinski definition) is 2. The van der Waals surface area contributed by atoms with Gasteiger partial charge in [-0.05, 0) is 30.5 Å². The first-order chi connectivity index (χ1) is 9.41. The Morgan fingerprint density at radius 2 is 2.05 bits per heavy atom. The van der Waals surface area contributed by atoms with Crippen molar-refractivity contribution in [2.24, 2.45) is 11.7 Å². The molecule has 1 fully saturated rings. The summed E-state index contributed by atoms with van der Waals surface area (Å²) in [6, 6.07) is 5.22. The van der Waals surface area contributed by atoms with Crippen LogP contribution in [0.25, 0.3) is 0 Å². The van der Waals surface area contributed by atoms with Crippen LogP contribution in [0.5, 0.6) is 0 Å². The van der Waals surface area contributed by atoms with Gasteiger partial charge in [-0.15, -0.1) is 0 Å². The molecule has 0 radical (unpaired) electrons. The summed E-state index contributed by atoms with van der Waals surface area (Å²) in [6.45, 7) is 1.63. The van der Waals surface area contributed by atoms with Crippen LogP contribution < -0.4 is 5.73 Å². The van der Waals surface area contributed by atoms with Gasteiger partial charge in [0, 0.05) is 13.1 Å². The third-order valence-corrected chi connectivity index (χ3v) is 3.64. The van der Waals surface area contributed by atoms with E-state index < -0.39 is 11.7 Å². The fourth-order valence-electron chi connectivity index (χ4n) is 2.48. The van der Waals surface area contributed by atoms with Gasteiger partial charge in [-0.1, -0.05) is 18.2 Å². The SMILES string of the molecule is NC[C@H]1CCN(C(=O)Cc2ccccc2C(F)(F)F)C1. The van der Waals surface area contributed by atoms with Crippen LogP contribution in [0, 0.1) is 5.92 Å². The number of alkyl halides is 3. The molecule has 1 saturated heterocycles. The van der Waals surface area contributed by atoms with Gasteiger partial charge in [-0.3, -0.25) is 4.79 Å². The lowest BCUT2D eigenvalue weighted by atomic mass is 10.0. The van der Waals surface area contributed by atoms with Crippen molar-refractivity contribution in [2.45, 2.75) is 19.0 Å². The van der Waals surface area contributed by atoms with E-state index in [0.717, 1.165) is 12.5 Å². The van der Waals surface area contributed by atoms with Crippen molar-refractivity contribution in [3.8, 4) is 0 Å². The van der Waals surface area contributed by atoms with E-state index in [9.17, 15) is 18.0 Å². The van der Waals surface area contributed by atoms with Gasteiger partial charge < -0.3 is 10.6 Å². The van der Waals surface area contributed by atoms with Gasteiger partial charge in [0.25, 0.3) is 0 Å². The third-order valence-electron chi connectivity index (χ3n) is 3.64. The number of carbonyl (C=O) groups is 1. The van der Waals surface area contributed by atoms with E-state index in [2.05, 4.69) is 0 Å². The Morgan fingerprint density at radius 3 is 2.65 bits per heavy atom. The molecule has 1 amide bonds. The minimum atomic E-state index is -4.43. The van der Waals surface area contributed by atoms with Crippen molar-refractivity contribution >= 4 is 5.91 Å². The molecule has 0 bridgehead atoms. The molecule has 1 aromatic carbocycles. The van der Waals surface area contributed by atoms with Gasteiger partial charge >= 0.3 is 6.18 Å². The molecule has 1 heterocycles. The van der Waals surface area contributed by atoms with Crippen LogP contribution in [0.15, 0.2) is 24.3 Å². The Balaban J connectivity index is 2.09. The number of benzene rings is 1. The number of halogens is 3. The Labute approximate surface area is 115 Å². The molecule has 1 atom stereocenters. The maximum atomic E-state index is 12.9. The zero-order valence-corrected chi connectivity index (χ0v) is 11.0. The highest BCUT2D eigenvalue weighted by Gasteiger charge is 2.34. The number of carbonyl (C=O) groups excluding carboxylic acids is 1. The van der Waals surface area contributed by atoms with Crippen molar-refractivity contribution in [1.29, 1.82) is 0 Å². The van der Waals surface area contributed by atoms with Gasteiger partial charge in [0.2, 0.25) is 5.91 Å². The molecule has 1 aromatic rings. The topological polar surface area (TPSA) is 46.3 Å². The summed E-state index contributed by atoms with van der Waals surface area (Å²) >= 11 is 0. The third kappa shape index (κ3) is 3.30. The fourth-order valence-corrected chi connectivity index (χ4v) is 2.48. The van der Waals surface area contributed by atoms with E-state index in [0.29, 0.717) is 19.6 Å². The highest BCUT2D eigenvalue weighted by Crippen LogP contribution is 2.32. The molecule has 0 saturated carbocycles. The zero-order chi connectivity index (χ0) is 14.8. The molecule has 0 unspecified atom stereocenters. The summed E-state index contributed by atoms with van der Waals surface area (Å²) < 4.78 is 38.6. The van der Waals surface area contributed by atoms with E-state index in [-0.39, 0.29) is 23.8 Å². The maximum absolute atomic E-state index is 12.9. The van der Waals surface area contributed by atoms with Gasteiger partial charge in [-0.25, -0.2) is 0 Å². The molecule has 0 aliphatic carbocycles. The molecule has 2 N–H and O–H groups in total. The monoisotopic (exact) mass is 286 g/mol. The highest BCUT2D eigenvalue weighted by atomic mass is 19.4. The molecule has 0 spiro atoms. The second-order valence-corrected chi connectivity index (χ2v) is 5.06. The molecule has 110 valence electrons. The summed E-state index contributed by atoms with van der Waals surface area (Å²) in [6.07, 6.45) is -3.82. The van der Waals surface area contributed by atoms with Crippen molar-refractivity contribution < 1.29 is 18.0 Å². The quantitative estimate of drug-likeness (QED) is 0.924. The summed E-state index contributed by atoms with van der Waals surface area (Å²) in [4.78, 5) is 13.7. The standard InChI is InChI=1S/C14H17F3N2O/c15-14(16,17)12-4-2-1-3-11(12)7-13(20)19-6-5-10(8-18)9-19/h1-4,10H,5-9,18H2/t10-/m1/s1. The van der Waals surface area contributed by atoms with Crippen molar-refractivity contribution in [3.63, 3.8) is 0 Å². The highest BCUT2D eigenvalue weighted by molar-refractivity contribution is 5.79. The van der Waals surface area contributed by atoms with Crippen LogP contribution in [0.3, 0.4) is 0 Å². The molecule has 1 aliphatic heterocycles. The van der Waals surface area contributed by atoms with Gasteiger partial charge in [-0.2, -0.15) is 13.2 Å². The van der Waals surface area contributed by atoms with Crippen LogP contribution in [-0.2, 0) is 17.4 Å². The van der Waals surface area contributed by atoms with Gasteiger partial charge in [0.1, 0.15) is 0 Å². The molecule has 3 nitrogen and oxygen atoms in total. The Hall–Kier alpha value is -1.56. The zero-order valence-electron chi connectivity index (χ0n) is 11.0. The van der Waals surface area contributed by atoms with Gasteiger partial charge in [0.15, 0.2) is 0 Å². The second-order valence-electron chi connectivity index (χ2n) is 5.06.